The van der Waals surface area contributed by atoms with Crippen molar-refractivity contribution in [3.05, 3.63) is 0 Å². The van der Waals surface area contributed by atoms with Gasteiger partial charge in [-0.3, -0.25) is 9.59 Å². The molecule has 94 valence electrons. The molecular weight excluding hydrogens is 210 g/mol. The number of hydrogen-bond acceptors (Lipinski definition) is 4. The monoisotopic (exact) mass is 231 g/mol. The van der Waals surface area contributed by atoms with E-state index in [1.54, 1.807) is 13.8 Å². The van der Waals surface area contributed by atoms with Crippen LogP contribution in [0.1, 0.15) is 27.7 Å². The average Bonchev–Trinajstić information content (AvgIpc) is 2.13. The van der Waals surface area contributed by atoms with Gasteiger partial charge in [0, 0.05) is 6.04 Å². The van der Waals surface area contributed by atoms with Gasteiger partial charge in [-0.15, -0.1) is 0 Å². The molecule has 0 aromatic heterocycles. The van der Waals surface area contributed by atoms with Crippen LogP contribution in [0.15, 0.2) is 0 Å². The molecule has 0 rings (SSSR count). The third kappa shape index (κ3) is 7.19. The van der Waals surface area contributed by atoms with Crippen molar-refractivity contribution < 1.29 is 14.3 Å². The number of carbonyl (C=O) groups is 2. The number of amides is 2. The lowest BCUT2D eigenvalue weighted by Crippen LogP contribution is -2.49. The Morgan fingerprint density at radius 2 is 1.88 bits per heavy atom. The molecule has 0 aliphatic heterocycles. The zero-order chi connectivity index (χ0) is 12.8. The summed E-state index contributed by atoms with van der Waals surface area (Å²) in [5.41, 5.74) is 4.26. The van der Waals surface area contributed by atoms with E-state index in [4.69, 9.17) is 10.5 Å². The van der Waals surface area contributed by atoms with Crippen LogP contribution in [-0.4, -0.2) is 36.7 Å². The van der Waals surface area contributed by atoms with Crippen LogP contribution in [0.25, 0.3) is 0 Å². The highest BCUT2D eigenvalue weighted by Gasteiger charge is 2.21. The van der Waals surface area contributed by atoms with E-state index >= 15 is 0 Å². The molecule has 0 aliphatic carbocycles. The fourth-order valence-corrected chi connectivity index (χ4v) is 1.03. The standard InChI is InChI=1S/C10H21N3O3/c1-7(2)12-9(15)6-16-10(3,4)13-8(14)5-11/h7H,5-6,11H2,1-4H3,(H,12,15)(H,13,14). The number of nitrogens with one attached hydrogen (secondary N) is 2. The van der Waals surface area contributed by atoms with Crippen molar-refractivity contribution in [2.75, 3.05) is 13.2 Å². The molecule has 0 atom stereocenters. The summed E-state index contributed by atoms with van der Waals surface area (Å²) in [5, 5.41) is 5.23. The summed E-state index contributed by atoms with van der Waals surface area (Å²) in [6.07, 6.45) is 0. The summed E-state index contributed by atoms with van der Waals surface area (Å²) in [4.78, 5) is 22.3. The van der Waals surface area contributed by atoms with Gasteiger partial charge in [0.15, 0.2) is 0 Å². The summed E-state index contributed by atoms with van der Waals surface area (Å²) in [7, 11) is 0. The van der Waals surface area contributed by atoms with E-state index in [-0.39, 0.29) is 31.0 Å². The summed E-state index contributed by atoms with van der Waals surface area (Å²) >= 11 is 0. The van der Waals surface area contributed by atoms with Crippen LogP contribution in [0, 0.1) is 0 Å². The molecule has 6 heteroatoms. The first kappa shape index (κ1) is 14.9. The molecule has 6 nitrogen and oxygen atoms in total. The fourth-order valence-electron chi connectivity index (χ4n) is 1.03. The minimum Gasteiger partial charge on any atom is -0.352 e. The Hall–Kier alpha value is -1.14. The van der Waals surface area contributed by atoms with Crippen LogP contribution in [0.3, 0.4) is 0 Å². The van der Waals surface area contributed by atoms with E-state index in [1.165, 1.54) is 0 Å². The van der Waals surface area contributed by atoms with Crippen molar-refractivity contribution >= 4 is 11.8 Å². The zero-order valence-electron chi connectivity index (χ0n) is 10.3. The van der Waals surface area contributed by atoms with Crippen molar-refractivity contribution in [1.82, 2.24) is 10.6 Å². The lowest BCUT2D eigenvalue weighted by Gasteiger charge is -2.26. The number of carbonyl (C=O) groups excluding carboxylic acids is 2. The highest BCUT2D eigenvalue weighted by Crippen LogP contribution is 2.03. The Kier molecular flexibility index (Phi) is 5.98. The minimum absolute atomic E-state index is 0.0674. The van der Waals surface area contributed by atoms with Gasteiger partial charge in [-0.1, -0.05) is 0 Å². The van der Waals surface area contributed by atoms with Crippen molar-refractivity contribution in [2.45, 2.75) is 39.5 Å². The molecule has 0 bridgehead atoms. The highest BCUT2D eigenvalue weighted by molar-refractivity contribution is 5.79. The average molecular weight is 231 g/mol. The summed E-state index contributed by atoms with van der Waals surface area (Å²) in [6, 6.07) is 0.0674. The van der Waals surface area contributed by atoms with E-state index in [1.807, 2.05) is 13.8 Å². The lowest BCUT2D eigenvalue weighted by molar-refractivity contribution is -0.140. The summed E-state index contributed by atoms with van der Waals surface area (Å²) < 4.78 is 5.27. The van der Waals surface area contributed by atoms with Gasteiger partial charge < -0.3 is 21.1 Å². The van der Waals surface area contributed by atoms with E-state index in [0.29, 0.717) is 0 Å². The van der Waals surface area contributed by atoms with Gasteiger partial charge >= 0.3 is 0 Å². The van der Waals surface area contributed by atoms with Crippen molar-refractivity contribution in [1.29, 1.82) is 0 Å². The second kappa shape index (κ2) is 6.44. The molecule has 0 heterocycles. The lowest BCUT2D eigenvalue weighted by atomic mass is 10.3. The molecule has 0 saturated heterocycles. The molecule has 0 unspecified atom stereocenters. The molecule has 16 heavy (non-hydrogen) atoms. The maximum Gasteiger partial charge on any atom is 0.246 e. The Labute approximate surface area is 95.9 Å². The second-order valence-electron chi connectivity index (χ2n) is 4.27. The van der Waals surface area contributed by atoms with Gasteiger partial charge in [0.1, 0.15) is 12.3 Å². The Morgan fingerprint density at radius 3 is 2.31 bits per heavy atom. The number of hydrogen-bond donors (Lipinski definition) is 3. The van der Waals surface area contributed by atoms with Crippen molar-refractivity contribution in [3.8, 4) is 0 Å². The van der Waals surface area contributed by atoms with Crippen LogP contribution in [0.2, 0.25) is 0 Å². The van der Waals surface area contributed by atoms with Gasteiger partial charge in [-0.2, -0.15) is 0 Å². The van der Waals surface area contributed by atoms with Crippen LogP contribution in [0.4, 0.5) is 0 Å². The zero-order valence-corrected chi connectivity index (χ0v) is 10.3. The van der Waals surface area contributed by atoms with Gasteiger partial charge in [0.25, 0.3) is 0 Å². The topological polar surface area (TPSA) is 93.5 Å². The van der Waals surface area contributed by atoms with Gasteiger partial charge in [-0.25, -0.2) is 0 Å². The molecule has 2 amide bonds. The number of ether oxygens (including phenoxy) is 1. The molecule has 0 aromatic carbocycles. The summed E-state index contributed by atoms with van der Waals surface area (Å²) in [5.74, 6) is -0.542. The smallest absolute Gasteiger partial charge is 0.246 e. The highest BCUT2D eigenvalue weighted by atomic mass is 16.5. The minimum atomic E-state index is -0.898. The van der Waals surface area contributed by atoms with Crippen LogP contribution < -0.4 is 16.4 Å². The first-order chi connectivity index (χ1) is 7.26. The maximum absolute atomic E-state index is 11.3. The predicted octanol–water partition coefficient (Wildman–Crippen LogP) is -0.661. The van der Waals surface area contributed by atoms with Crippen LogP contribution in [-0.2, 0) is 14.3 Å². The summed E-state index contributed by atoms with van der Waals surface area (Å²) in [6.45, 7) is 6.83. The molecule has 0 aliphatic rings. The van der Waals surface area contributed by atoms with Crippen LogP contribution >= 0.6 is 0 Å². The third-order valence-electron chi connectivity index (χ3n) is 1.64. The predicted molar refractivity (Wildman–Crippen MR) is 60.5 cm³/mol. The largest absolute Gasteiger partial charge is 0.352 e. The molecule has 0 aromatic rings. The molecule has 0 spiro atoms. The van der Waals surface area contributed by atoms with E-state index in [9.17, 15) is 9.59 Å². The van der Waals surface area contributed by atoms with Gasteiger partial charge in [0.05, 0.1) is 6.54 Å². The fraction of sp³-hybridized carbons (Fsp3) is 0.800. The normalized spacial score (nSPS) is 11.4. The molecule has 0 fully saturated rings. The first-order valence-electron chi connectivity index (χ1n) is 5.21. The van der Waals surface area contributed by atoms with Crippen molar-refractivity contribution in [2.24, 2.45) is 5.73 Å². The quantitative estimate of drug-likeness (QED) is 0.529. The molecule has 0 saturated carbocycles. The second-order valence-corrected chi connectivity index (χ2v) is 4.27. The van der Waals surface area contributed by atoms with Crippen molar-refractivity contribution in [3.63, 3.8) is 0 Å². The number of nitrogens with two attached hydrogens (primary N) is 1. The number of rotatable bonds is 6. The first-order valence-corrected chi connectivity index (χ1v) is 5.21. The molecular formula is C10H21N3O3. The third-order valence-corrected chi connectivity index (χ3v) is 1.64. The van der Waals surface area contributed by atoms with E-state index in [0.717, 1.165) is 0 Å². The van der Waals surface area contributed by atoms with E-state index in [2.05, 4.69) is 10.6 Å². The van der Waals surface area contributed by atoms with Gasteiger partial charge in [-0.05, 0) is 27.7 Å². The Balaban J connectivity index is 3.98. The maximum atomic E-state index is 11.3. The SMILES string of the molecule is CC(C)NC(=O)COC(C)(C)NC(=O)CN. The van der Waals surface area contributed by atoms with Crippen LogP contribution in [0.5, 0.6) is 0 Å². The molecule has 4 N–H and O–H groups in total. The molecule has 0 radical (unpaired) electrons. The Morgan fingerprint density at radius 1 is 1.31 bits per heavy atom. The Bertz CT molecular complexity index is 252. The van der Waals surface area contributed by atoms with Gasteiger partial charge in [0.2, 0.25) is 11.8 Å². The van der Waals surface area contributed by atoms with E-state index < -0.39 is 5.72 Å².